The van der Waals surface area contributed by atoms with Crippen LogP contribution in [-0.2, 0) is 7.05 Å². The van der Waals surface area contributed by atoms with Gasteiger partial charge in [-0.15, -0.1) is 0 Å². The molecule has 5 rings (SSSR count). The summed E-state index contributed by atoms with van der Waals surface area (Å²) in [6.07, 6.45) is 5.80. The molecule has 0 amide bonds. The van der Waals surface area contributed by atoms with E-state index in [0.717, 1.165) is 33.0 Å². The highest BCUT2D eigenvalue weighted by Gasteiger charge is 2.19. The van der Waals surface area contributed by atoms with Crippen LogP contribution in [0.1, 0.15) is 43.4 Å². The predicted molar refractivity (Wildman–Crippen MR) is 125 cm³/mol. The van der Waals surface area contributed by atoms with Crippen molar-refractivity contribution in [2.24, 2.45) is 7.05 Å². The van der Waals surface area contributed by atoms with Crippen molar-refractivity contribution in [2.75, 3.05) is 0 Å². The molecule has 0 fully saturated rings. The van der Waals surface area contributed by atoms with Crippen molar-refractivity contribution in [2.45, 2.75) is 26.7 Å². The Hall–Kier alpha value is -3.39. The molecule has 0 bridgehead atoms. The standard InChI is InChI=1S/C28H26N2/c1-19(2)22-13-14-24-23(17-22)15-16-29(4)28(24)30-18-26(21-10-6-5-7-11-21)25-12-8-9-20(3)27(25)30/h5-17,19H,1-4H3/i19D. The normalized spacial score (nSPS) is 15.7. The Morgan fingerprint density at radius 1 is 0.967 bits per heavy atom. The number of rotatable bonds is 2. The number of nitrogens with zero attached hydrogens (tertiary/aromatic N) is 2. The van der Waals surface area contributed by atoms with Crippen LogP contribution in [0.4, 0.5) is 5.69 Å². The molecule has 0 atom stereocenters. The summed E-state index contributed by atoms with van der Waals surface area (Å²) in [5, 5.41) is 2.28. The molecule has 0 saturated heterocycles. The second kappa shape index (κ2) is 7.14. The number of hydrogen-bond acceptors (Lipinski definition) is 0. The number of hydrogen-bond donors (Lipinski definition) is 0. The number of para-hydroxylation sites is 1. The van der Waals surface area contributed by atoms with Crippen molar-refractivity contribution in [3.8, 4) is 0 Å². The molecular weight excluding hydrogens is 364 g/mol. The van der Waals surface area contributed by atoms with Crippen molar-refractivity contribution in [3.63, 3.8) is 0 Å². The number of benzene rings is 3. The fraction of sp³-hybridized carbons (Fsp3) is 0.179. The Bertz CT molecular complexity index is 1420. The zero-order valence-corrected chi connectivity index (χ0v) is 17.9. The molecule has 30 heavy (non-hydrogen) atoms. The van der Waals surface area contributed by atoms with Crippen molar-refractivity contribution in [1.29, 1.82) is 0 Å². The zero-order chi connectivity index (χ0) is 21.8. The van der Waals surface area contributed by atoms with E-state index in [1.165, 1.54) is 16.8 Å². The predicted octanol–water partition coefficient (Wildman–Crippen LogP) is 5.92. The highest BCUT2D eigenvalue weighted by Crippen LogP contribution is 2.37. The molecule has 3 aromatic carbocycles. The molecule has 0 radical (unpaired) electrons. The Kier molecular flexibility index (Phi) is 4.16. The summed E-state index contributed by atoms with van der Waals surface area (Å²) in [4.78, 5) is 0. The van der Waals surface area contributed by atoms with Crippen molar-refractivity contribution in [3.05, 3.63) is 113 Å². The fourth-order valence-corrected chi connectivity index (χ4v) is 4.32. The summed E-state index contributed by atoms with van der Waals surface area (Å²) in [7, 11) is 2.08. The molecular formula is C28H26N2. The molecule has 4 aromatic rings. The molecule has 1 aromatic heterocycles. The van der Waals surface area contributed by atoms with E-state index in [4.69, 9.17) is 1.37 Å². The van der Waals surface area contributed by atoms with Gasteiger partial charge in [-0.1, -0.05) is 97.3 Å². The lowest BCUT2D eigenvalue weighted by molar-refractivity contribution is 0.771. The van der Waals surface area contributed by atoms with Crippen LogP contribution in [0.25, 0.3) is 16.3 Å². The monoisotopic (exact) mass is 391 g/mol. The van der Waals surface area contributed by atoms with Crippen LogP contribution in [0, 0.1) is 13.1 Å². The van der Waals surface area contributed by atoms with Crippen LogP contribution in [0.15, 0.2) is 79.0 Å². The lowest BCUT2D eigenvalue weighted by Gasteiger charge is -2.14. The van der Waals surface area contributed by atoms with Crippen LogP contribution >= 0.6 is 0 Å². The van der Waals surface area contributed by atoms with Gasteiger partial charge in [0.2, 0.25) is 5.49 Å². The fourth-order valence-electron chi connectivity index (χ4n) is 4.32. The van der Waals surface area contributed by atoms with E-state index in [0.29, 0.717) is 0 Å². The molecule has 0 spiro atoms. The maximum atomic E-state index is 8.43. The smallest absolute Gasteiger partial charge is 0.230 e. The van der Waals surface area contributed by atoms with Gasteiger partial charge in [0.05, 0.1) is 19.4 Å². The van der Waals surface area contributed by atoms with E-state index in [1.54, 1.807) is 0 Å². The molecule has 2 heteroatoms. The van der Waals surface area contributed by atoms with Gasteiger partial charge in [0.1, 0.15) is 0 Å². The Morgan fingerprint density at radius 2 is 1.77 bits per heavy atom. The average Bonchev–Trinajstić information content (AvgIpc) is 3.14. The zero-order valence-electron chi connectivity index (χ0n) is 18.9. The first-order valence-corrected chi connectivity index (χ1v) is 10.4. The summed E-state index contributed by atoms with van der Waals surface area (Å²) in [6.45, 7) is 6.02. The third kappa shape index (κ3) is 2.91. The van der Waals surface area contributed by atoms with Crippen LogP contribution in [-0.4, -0.2) is 4.57 Å². The summed E-state index contributed by atoms with van der Waals surface area (Å²) >= 11 is 0. The second-order valence-corrected chi connectivity index (χ2v) is 8.21. The molecule has 0 aliphatic carbocycles. The number of pyridine rings is 1. The quantitative estimate of drug-likeness (QED) is 0.296. The first kappa shape index (κ1) is 17.5. The topological polar surface area (TPSA) is 7.94 Å². The highest BCUT2D eigenvalue weighted by molar-refractivity contribution is 5.90. The van der Waals surface area contributed by atoms with Gasteiger partial charge in [-0.2, -0.15) is 0 Å². The van der Waals surface area contributed by atoms with Gasteiger partial charge in [-0.05, 0) is 35.4 Å². The van der Waals surface area contributed by atoms with E-state index >= 15 is 0 Å². The largest absolute Gasteiger partial charge is 0.297 e. The maximum absolute atomic E-state index is 8.43. The maximum Gasteiger partial charge on any atom is 0.230 e. The van der Waals surface area contributed by atoms with Crippen LogP contribution in [0.5, 0.6) is 0 Å². The summed E-state index contributed by atoms with van der Waals surface area (Å²) in [5.41, 5.74) is 7.96. The van der Waals surface area contributed by atoms with Crippen LogP contribution in [0.2, 0.25) is 0 Å². The van der Waals surface area contributed by atoms with E-state index < -0.39 is 5.89 Å². The van der Waals surface area contributed by atoms with E-state index in [2.05, 4.69) is 102 Å². The van der Waals surface area contributed by atoms with E-state index in [9.17, 15) is 0 Å². The molecule has 148 valence electrons. The first-order chi connectivity index (χ1) is 14.8. The lowest BCUT2D eigenvalue weighted by atomic mass is 9.98. The SMILES string of the molecule is [2H]C(C)(C)c1ccc2c(=[N+]3[C-]=C(c4ccccc4)c4cccc(C)c43)n(C)ccc2c1. The minimum absolute atomic E-state index is 0.629. The Labute approximate surface area is 179 Å². The summed E-state index contributed by atoms with van der Waals surface area (Å²) in [6, 6.07) is 25.4. The van der Waals surface area contributed by atoms with Crippen LogP contribution in [0.3, 0.4) is 0 Å². The van der Waals surface area contributed by atoms with Crippen molar-refractivity contribution < 1.29 is 1.37 Å². The highest BCUT2D eigenvalue weighted by atomic mass is 15.1. The molecule has 0 unspecified atom stereocenters. The Morgan fingerprint density at radius 3 is 2.53 bits per heavy atom. The van der Waals surface area contributed by atoms with Gasteiger partial charge in [-0.25, -0.2) is 0 Å². The molecule has 2 nitrogen and oxygen atoms in total. The van der Waals surface area contributed by atoms with E-state index in [-0.39, 0.29) is 0 Å². The van der Waals surface area contributed by atoms with Gasteiger partial charge in [-0.3, -0.25) is 9.14 Å². The number of fused-ring (bicyclic) bond motifs is 2. The second-order valence-electron chi connectivity index (χ2n) is 8.21. The van der Waals surface area contributed by atoms with Crippen molar-refractivity contribution >= 4 is 22.0 Å². The molecule has 0 N–H and O–H groups in total. The minimum Gasteiger partial charge on any atom is -0.297 e. The van der Waals surface area contributed by atoms with Gasteiger partial charge in [0.25, 0.3) is 0 Å². The summed E-state index contributed by atoms with van der Waals surface area (Å²) < 4.78 is 12.8. The van der Waals surface area contributed by atoms with Gasteiger partial charge >= 0.3 is 0 Å². The number of aromatic nitrogens is 1. The third-order valence-electron chi connectivity index (χ3n) is 5.91. The average molecular weight is 392 g/mol. The van der Waals surface area contributed by atoms with Gasteiger partial charge in [0.15, 0.2) is 0 Å². The van der Waals surface area contributed by atoms with Crippen LogP contribution < -0.4 is 10.1 Å². The molecule has 0 saturated carbocycles. The van der Waals surface area contributed by atoms with Crippen molar-refractivity contribution in [1.82, 2.24) is 9.14 Å². The van der Waals surface area contributed by atoms with Gasteiger partial charge in [0, 0.05) is 12.4 Å². The summed E-state index contributed by atoms with van der Waals surface area (Å²) in [5.74, 6) is -0.629. The molecule has 2 heterocycles. The van der Waals surface area contributed by atoms with Gasteiger partial charge < -0.3 is 0 Å². The van der Waals surface area contributed by atoms with E-state index in [1.807, 2.05) is 19.9 Å². The third-order valence-corrected chi connectivity index (χ3v) is 5.91. The first-order valence-electron chi connectivity index (χ1n) is 10.9. The minimum atomic E-state index is -0.629. The molecule has 1 aliphatic rings. The Balaban J connectivity index is 1.90. The lowest BCUT2D eigenvalue weighted by Crippen LogP contribution is -2.30. The number of aryl methyl sites for hydroxylation is 2. The molecule has 1 aliphatic heterocycles.